The quantitative estimate of drug-likeness (QED) is 0.738. The van der Waals surface area contributed by atoms with E-state index < -0.39 is 26.4 Å². The van der Waals surface area contributed by atoms with Crippen LogP contribution in [0.4, 0.5) is 8.78 Å². The SMILES string of the molecule is CCS(=O)(=O)c1cccc(F)c1F. The number of hydrogen-bond donors (Lipinski definition) is 0. The maximum Gasteiger partial charge on any atom is 0.181 e. The zero-order chi connectivity index (χ0) is 10.1. The standard InChI is InChI=1S/C8H8F2O2S/c1-2-13(11,12)7-5-3-4-6(9)8(7)10/h3-5H,2H2,1H3. The molecule has 0 aliphatic heterocycles. The highest BCUT2D eigenvalue weighted by molar-refractivity contribution is 7.91. The lowest BCUT2D eigenvalue weighted by molar-refractivity contribution is 0.485. The molecule has 0 aliphatic rings. The van der Waals surface area contributed by atoms with E-state index in [1.165, 1.54) is 13.0 Å². The average Bonchev–Trinajstić information content (AvgIpc) is 2.09. The Balaban J connectivity index is 3.40. The molecule has 1 rings (SSSR count). The van der Waals surface area contributed by atoms with Gasteiger partial charge in [-0.15, -0.1) is 0 Å². The molecule has 0 radical (unpaired) electrons. The topological polar surface area (TPSA) is 34.1 Å². The van der Waals surface area contributed by atoms with Crippen LogP contribution < -0.4 is 0 Å². The summed E-state index contributed by atoms with van der Waals surface area (Å²) in [6.07, 6.45) is 0. The van der Waals surface area contributed by atoms with Gasteiger partial charge in [0.05, 0.1) is 5.75 Å². The van der Waals surface area contributed by atoms with E-state index in [9.17, 15) is 17.2 Å². The third kappa shape index (κ3) is 1.85. The van der Waals surface area contributed by atoms with E-state index in [4.69, 9.17) is 0 Å². The van der Waals surface area contributed by atoms with Crippen molar-refractivity contribution in [2.24, 2.45) is 0 Å². The molecule has 0 saturated heterocycles. The first-order valence-electron chi connectivity index (χ1n) is 3.66. The maximum atomic E-state index is 12.9. The third-order valence-electron chi connectivity index (χ3n) is 1.63. The number of sulfone groups is 1. The van der Waals surface area contributed by atoms with E-state index in [0.717, 1.165) is 12.1 Å². The van der Waals surface area contributed by atoms with Crippen molar-refractivity contribution in [2.45, 2.75) is 11.8 Å². The van der Waals surface area contributed by atoms with E-state index in [0.29, 0.717) is 0 Å². The number of rotatable bonds is 2. The van der Waals surface area contributed by atoms with Gasteiger partial charge in [0.1, 0.15) is 4.90 Å². The molecule has 0 aromatic heterocycles. The maximum absolute atomic E-state index is 12.9. The molecule has 0 bridgehead atoms. The zero-order valence-electron chi connectivity index (χ0n) is 6.92. The predicted molar refractivity (Wildman–Crippen MR) is 44.1 cm³/mol. The van der Waals surface area contributed by atoms with Crippen LogP contribution in [0.1, 0.15) is 6.92 Å². The zero-order valence-corrected chi connectivity index (χ0v) is 7.74. The van der Waals surface area contributed by atoms with E-state index in [1.54, 1.807) is 0 Å². The lowest BCUT2D eigenvalue weighted by atomic mass is 10.3. The van der Waals surface area contributed by atoms with Crippen molar-refractivity contribution in [3.63, 3.8) is 0 Å². The molecule has 0 atom stereocenters. The molecule has 1 aromatic carbocycles. The van der Waals surface area contributed by atoms with Crippen molar-refractivity contribution in [1.82, 2.24) is 0 Å². The predicted octanol–water partition coefficient (Wildman–Crippen LogP) is 1.76. The number of hydrogen-bond acceptors (Lipinski definition) is 2. The van der Waals surface area contributed by atoms with Gasteiger partial charge in [0.15, 0.2) is 21.5 Å². The molecule has 0 N–H and O–H groups in total. The molecule has 72 valence electrons. The molecule has 0 amide bonds. The molecular formula is C8H8F2O2S. The van der Waals surface area contributed by atoms with Gasteiger partial charge in [0, 0.05) is 0 Å². The number of halogens is 2. The molecule has 0 unspecified atom stereocenters. The molecule has 0 saturated carbocycles. The Labute approximate surface area is 75.1 Å². The lowest BCUT2D eigenvalue weighted by Gasteiger charge is -2.02. The van der Waals surface area contributed by atoms with Gasteiger partial charge in [-0.25, -0.2) is 17.2 Å². The van der Waals surface area contributed by atoms with Crippen molar-refractivity contribution in [1.29, 1.82) is 0 Å². The first kappa shape index (κ1) is 10.1. The minimum absolute atomic E-state index is 0.243. The Hall–Kier alpha value is -0.970. The Bertz CT molecular complexity index is 412. The van der Waals surface area contributed by atoms with Crippen molar-refractivity contribution in [3.05, 3.63) is 29.8 Å². The average molecular weight is 206 g/mol. The minimum atomic E-state index is -3.67. The Kier molecular flexibility index (Phi) is 2.66. The summed E-state index contributed by atoms with van der Waals surface area (Å²) in [6, 6.07) is 3.10. The second-order valence-corrected chi connectivity index (χ2v) is 4.70. The Morgan fingerprint density at radius 2 is 1.92 bits per heavy atom. The van der Waals surface area contributed by atoms with Gasteiger partial charge in [-0.05, 0) is 12.1 Å². The second-order valence-electron chi connectivity index (χ2n) is 2.46. The van der Waals surface area contributed by atoms with Crippen molar-refractivity contribution in [2.75, 3.05) is 5.75 Å². The van der Waals surface area contributed by atoms with Gasteiger partial charge in [-0.1, -0.05) is 13.0 Å². The molecule has 0 spiro atoms. The molecule has 13 heavy (non-hydrogen) atoms. The highest BCUT2D eigenvalue weighted by atomic mass is 32.2. The summed E-state index contributed by atoms with van der Waals surface area (Å²) in [5.41, 5.74) is 0. The monoisotopic (exact) mass is 206 g/mol. The second kappa shape index (κ2) is 3.41. The largest absolute Gasteiger partial charge is 0.224 e. The summed E-state index contributed by atoms with van der Waals surface area (Å²) in [5.74, 6) is -2.69. The van der Waals surface area contributed by atoms with Crippen molar-refractivity contribution in [3.8, 4) is 0 Å². The summed E-state index contributed by atoms with van der Waals surface area (Å²) in [5, 5.41) is 0. The van der Waals surface area contributed by atoms with Crippen LogP contribution >= 0.6 is 0 Å². The van der Waals surface area contributed by atoms with Crippen molar-refractivity contribution >= 4 is 9.84 Å². The first-order chi connectivity index (χ1) is 5.99. The Morgan fingerprint density at radius 1 is 1.31 bits per heavy atom. The van der Waals surface area contributed by atoms with Crippen LogP contribution in [-0.2, 0) is 9.84 Å². The molecule has 1 aromatic rings. The molecule has 0 fully saturated rings. The fourth-order valence-corrected chi connectivity index (χ4v) is 1.85. The first-order valence-corrected chi connectivity index (χ1v) is 5.31. The smallest absolute Gasteiger partial charge is 0.181 e. The highest BCUT2D eigenvalue weighted by Gasteiger charge is 2.18. The summed E-state index contributed by atoms with van der Waals surface area (Å²) >= 11 is 0. The molecule has 2 nitrogen and oxygen atoms in total. The van der Waals surface area contributed by atoms with Crippen LogP contribution in [0.25, 0.3) is 0 Å². The lowest BCUT2D eigenvalue weighted by Crippen LogP contribution is -2.07. The van der Waals surface area contributed by atoms with Crippen LogP contribution in [0.3, 0.4) is 0 Å². The van der Waals surface area contributed by atoms with Gasteiger partial charge in [0.2, 0.25) is 0 Å². The van der Waals surface area contributed by atoms with Crippen LogP contribution in [0.2, 0.25) is 0 Å². The fraction of sp³-hybridized carbons (Fsp3) is 0.250. The van der Waals surface area contributed by atoms with E-state index in [1.807, 2.05) is 0 Å². The molecule has 0 aliphatic carbocycles. The van der Waals surface area contributed by atoms with E-state index in [2.05, 4.69) is 0 Å². The normalized spacial score (nSPS) is 11.6. The minimum Gasteiger partial charge on any atom is -0.224 e. The summed E-state index contributed by atoms with van der Waals surface area (Å²) in [6.45, 7) is 1.37. The van der Waals surface area contributed by atoms with Crippen LogP contribution in [0, 0.1) is 11.6 Å². The van der Waals surface area contributed by atoms with E-state index >= 15 is 0 Å². The molecule has 5 heteroatoms. The third-order valence-corrected chi connectivity index (χ3v) is 3.38. The van der Waals surface area contributed by atoms with Gasteiger partial charge in [0.25, 0.3) is 0 Å². The van der Waals surface area contributed by atoms with Crippen LogP contribution in [0.5, 0.6) is 0 Å². The van der Waals surface area contributed by atoms with E-state index in [-0.39, 0.29) is 5.75 Å². The van der Waals surface area contributed by atoms with Crippen molar-refractivity contribution < 1.29 is 17.2 Å². The van der Waals surface area contributed by atoms with Gasteiger partial charge in [-0.2, -0.15) is 0 Å². The van der Waals surface area contributed by atoms with Crippen LogP contribution in [-0.4, -0.2) is 14.2 Å². The molecule has 0 heterocycles. The summed E-state index contributed by atoms with van der Waals surface area (Å²) < 4.78 is 47.9. The van der Waals surface area contributed by atoms with Gasteiger partial charge in [-0.3, -0.25) is 0 Å². The van der Waals surface area contributed by atoms with Crippen LogP contribution in [0.15, 0.2) is 23.1 Å². The highest BCUT2D eigenvalue weighted by Crippen LogP contribution is 2.17. The van der Waals surface area contributed by atoms with Gasteiger partial charge < -0.3 is 0 Å². The summed E-state index contributed by atoms with van der Waals surface area (Å²) in [7, 11) is -3.67. The number of benzene rings is 1. The Morgan fingerprint density at radius 3 is 2.46 bits per heavy atom. The van der Waals surface area contributed by atoms with Gasteiger partial charge >= 0.3 is 0 Å². The summed E-state index contributed by atoms with van der Waals surface area (Å²) in [4.78, 5) is -0.574. The molecular weight excluding hydrogens is 198 g/mol. The fourth-order valence-electron chi connectivity index (χ4n) is 0.880.